The van der Waals surface area contributed by atoms with Crippen molar-refractivity contribution < 1.29 is 0 Å². The Hall–Kier alpha value is -3.09. The molecule has 0 saturated heterocycles. The van der Waals surface area contributed by atoms with Crippen molar-refractivity contribution in [2.24, 2.45) is 14.1 Å². The molecular formula is C18H19N5O2. The first-order chi connectivity index (χ1) is 11.8. The van der Waals surface area contributed by atoms with Crippen molar-refractivity contribution in [1.29, 1.82) is 0 Å². The molecule has 4 aromatic rings. The van der Waals surface area contributed by atoms with Crippen LogP contribution in [-0.4, -0.2) is 23.1 Å². The normalized spacial score (nSPS) is 11.7. The highest BCUT2D eigenvalue weighted by atomic mass is 16.2. The van der Waals surface area contributed by atoms with Crippen molar-refractivity contribution in [2.75, 3.05) is 0 Å². The molecule has 1 aromatic carbocycles. The van der Waals surface area contributed by atoms with E-state index >= 15 is 0 Å². The maximum atomic E-state index is 12.6. The molecule has 0 saturated carbocycles. The Labute approximate surface area is 143 Å². The molecule has 0 aliphatic rings. The predicted molar refractivity (Wildman–Crippen MR) is 96.7 cm³/mol. The number of aryl methyl sites for hydroxylation is 4. The van der Waals surface area contributed by atoms with Gasteiger partial charge in [0.1, 0.15) is 0 Å². The third-order valence-electron chi connectivity index (χ3n) is 4.89. The van der Waals surface area contributed by atoms with E-state index in [9.17, 15) is 9.59 Å². The third-order valence-corrected chi connectivity index (χ3v) is 4.89. The summed E-state index contributed by atoms with van der Waals surface area (Å²) in [7, 11) is 3.11. The van der Waals surface area contributed by atoms with Crippen molar-refractivity contribution in [3.05, 3.63) is 62.1 Å². The maximum absolute atomic E-state index is 12.6. The van der Waals surface area contributed by atoms with Crippen molar-refractivity contribution in [3.8, 4) is 5.69 Å². The minimum absolute atomic E-state index is 0.345. The van der Waals surface area contributed by atoms with Gasteiger partial charge in [-0.15, -0.1) is 0 Å². The van der Waals surface area contributed by atoms with E-state index in [0.29, 0.717) is 16.9 Å². The van der Waals surface area contributed by atoms with Gasteiger partial charge in [0.2, 0.25) is 5.78 Å². The van der Waals surface area contributed by atoms with Gasteiger partial charge >= 0.3 is 5.69 Å². The lowest BCUT2D eigenvalue weighted by Crippen LogP contribution is -2.37. The van der Waals surface area contributed by atoms with Crippen LogP contribution in [0.2, 0.25) is 0 Å². The number of hydrogen-bond acceptors (Lipinski definition) is 3. The summed E-state index contributed by atoms with van der Waals surface area (Å²) in [6.07, 6.45) is 1.88. The molecule has 0 N–H and O–H groups in total. The average molecular weight is 337 g/mol. The highest BCUT2D eigenvalue weighted by molar-refractivity contribution is 5.76. The van der Waals surface area contributed by atoms with Crippen molar-refractivity contribution in [1.82, 2.24) is 23.1 Å². The Morgan fingerprint density at radius 1 is 0.960 bits per heavy atom. The zero-order valence-electron chi connectivity index (χ0n) is 14.9. The molecule has 3 aromatic heterocycles. The van der Waals surface area contributed by atoms with Crippen LogP contribution in [0.1, 0.15) is 16.8 Å². The summed E-state index contributed by atoms with van der Waals surface area (Å²) in [5.74, 6) is 0.619. The van der Waals surface area contributed by atoms with Gasteiger partial charge in [-0.05, 0) is 44.0 Å². The van der Waals surface area contributed by atoms with Gasteiger partial charge in [0.05, 0.1) is 0 Å². The smallest absolute Gasteiger partial charge is 0.283 e. The Morgan fingerprint density at radius 3 is 2.36 bits per heavy atom. The summed E-state index contributed by atoms with van der Waals surface area (Å²) in [6, 6.07) is 6.20. The summed E-state index contributed by atoms with van der Waals surface area (Å²) in [4.78, 5) is 29.4. The van der Waals surface area contributed by atoms with Crippen LogP contribution < -0.4 is 11.2 Å². The third kappa shape index (κ3) is 1.95. The van der Waals surface area contributed by atoms with Gasteiger partial charge in [-0.25, -0.2) is 4.79 Å². The predicted octanol–water partition coefficient (Wildman–Crippen LogP) is 1.60. The van der Waals surface area contributed by atoms with E-state index in [1.807, 2.05) is 23.8 Å². The lowest BCUT2D eigenvalue weighted by molar-refractivity contribution is 0.708. The lowest BCUT2D eigenvalue weighted by Gasteiger charge is -2.08. The zero-order chi connectivity index (χ0) is 18.0. The number of rotatable bonds is 1. The monoisotopic (exact) mass is 337 g/mol. The van der Waals surface area contributed by atoms with Crippen LogP contribution >= 0.6 is 0 Å². The fraction of sp³-hybridized carbons (Fsp3) is 0.278. The van der Waals surface area contributed by atoms with Crippen molar-refractivity contribution in [3.63, 3.8) is 0 Å². The number of benzene rings is 1. The Kier molecular flexibility index (Phi) is 3.06. The summed E-state index contributed by atoms with van der Waals surface area (Å²) < 4.78 is 6.28. The largest absolute Gasteiger partial charge is 0.332 e. The van der Waals surface area contributed by atoms with Gasteiger partial charge in [0.15, 0.2) is 11.2 Å². The SMILES string of the molecule is Cc1ccc(-n2c(C)cn3c4c(=O)n(C)c(=O)n(C)c4nc23)cc1C. The highest BCUT2D eigenvalue weighted by Gasteiger charge is 2.19. The fourth-order valence-corrected chi connectivity index (χ4v) is 3.27. The number of fused-ring (bicyclic) bond motifs is 3. The van der Waals surface area contributed by atoms with Gasteiger partial charge in [-0.3, -0.25) is 22.9 Å². The molecule has 128 valence electrons. The molecule has 25 heavy (non-hydrogen) atoms. The topological polar surface area (TPSA) is 66.2 Å². The zero-order valence-corrected chi connectivity index (χ0v) is 14.9. The molecule has 0 amide bonds. The molecule has 0 radical (unpaired) electrons. The molecule has 0 bridgehead atoms. The summed E-state index contributed by atoms with van der Waals surface area (Å²) in [6.45, 7) is 6.11. The second-order valence-corrected chi connectivity index (χ2v) is 6.53. The van der Waals surface area contributed by atoms with Crippen LogP contribution in [0.15, 0.2) is 34.0 Å². The van der Waals surface area contributed by atoms with E-state index in [0.717, 1.165) is 15.9 Å². The van der Waals surface area contributed by atoms with E-state index < -0.39 is 0 Å². The van der Waals surface area contributed by atoms with Crippen LogP contribution in [0, 0.1) is 20.8 Å². The van der Waals surface area contributed by atoms with Crippen LogP contribution in [0.3, 0.4) is 0 Å². The summed E-state index contributed by atoms with van der Waals surface area (Å²) in [5, 5.41) is 0. The Morgan fingerprint density at radius 2 is 1.68 bits per heavy atom. The molecule has 0 aliphatic carbocycles. The molecule has 3 heterocycles. The minimum Gasteiger partial charge on any atom is -0.283 e. The molecule has 7 heteroatoms. The van der Waals surface area contributed by atoms with Gasteiger partial charge in [-0.1, -0.05) is 6.07 Å². The highest BCUT2D eigenvalue weighted by Crippen LogP contribution is 2.22. The second-order valence-electron chi connectivity index (χ2n) is 6.53. The van der Waals surface area contributed by atoms with Gasteiger partial charge < -0.3 is 0 Å². The van der Waals surface area contributed by atoms with Gasteiger partial charge in [-0.2, -0.15) is 4.98 Å². The summed E-state index contributed by atoms with van der Waals surface area (Å²) >= 11 is 0. The molecule has 0 spiro atoms. The van der Waals surface area contributed by atoms with Crippen LogP contribution in [-0.2, 0) is 14.1 Å². The maximum Gasteiger partial charge on any atom is 0.332 e. The van der Waals surface area contributed by atoms with Crippen LogP contribution in [0.5, 0.6) is 0 Å². The first-order valence-corrected chi connectivity index (χ1v) is 8.05. The number of aromatic nitrogens is 5. The first-order valence-electron chi connectivity index (χ1n) is 8.05. The van der Waals surface area contributed by atoms with Gasteiger partial charge in [0.25, 0.3) is 5.56 Å². The van der Waals surface area contributed by atoms with E-state index in [-0.39, 0.29) is 11.2 Å². The second kappa shape index (κ2) is 4.95. The van der Waals surface area contributed by atoms with Crippen molar-refractivity contribution in [2.45, 2.75) is 20.8 Å². The number of imidazole rings is 2. The molecule has 4 rings (SSSR count). The lowest BCUT2D eigenvalue weighted by atomic mass is 10.1. The number of hydrogen-bond donors (Lipinski definition) is 0. The van der Waals surface area contributed by atoms with Crippen LogP contribution in [0.4, 0.5) is 0 Å². The van der Waals surface area contributed by atoms with E-state index in [1.54, 1.807) is 11.4 Å². The molecule has 0 atom stereocenters. The van der Waals surface area contributed by atoms with Gasteiger partial charge in [0, 0.05) is 31.7 Å². The first kappa shape index (κ1) is 15.4. The average Bonchev–Trinajstić information content (AvgIpc) is 3.08. The standard InChI is InChI=1S/C18H19N5O2/c1-10-6-7-13(8-11(10)2)23-12(3)9-22-14-15(19-17(22)23)20(4)18(25)21(5)16(14)24/h6-9H,1-5H3. The number of nitrogens with zero attached hydrogens (tertiary/aromatic N) is 5. The quantitative estimate of drug-likeness (QED) is 0.530. The van der Waals surface area contributed by atoms with E-state index in [2.05, 4.69) is 31.0 Å². The minimum atomic E-state index is -0.382. The Balaban J connectivity index is 2.18. The fourth-order valence-electron chi connectivity index (χ4n) is 3.27. The van der Waals surface area contributed by atoms with E-state index in [1.165, 1.54) is 22.7 Å². The molecular weight excluding hydrogens is 318 g/mol. The van der Waals surface area contributed by atoms with E-state index in [4.69, 9.17) is 0 Å². The molecule has 0 unspecified atom stereocenters. The molecule has 0 aliphatic heterocycles. The molecule has 0 fully saturated rings. The van der Waals surface area contributed by atoms with Crippen molar-refractivity contribution >= 4 is 16.9 Å². The summed E-state index contributed by atoms with van der Waals surface area (Å²) in [5.41, 5.74) is 4.41. The molecule has 7 nitrogen and oxygen atoms in total. The van der Waals surface area contributed by atoms with Crippen LogP contribution in [0.25, 0.3) is 22.6 Å². The Bertz CT molecular complexity index is 1280.